The molecule has 0 aliphatic carbocycles. The van der Waals surface area contributed by atoms with E-state index in [2.05, 4.69) is 5.32 Å². The quantitative estimate of drug-likeness (QED) is 0.461. The van der Waals surface area contributed by atoms with Crippen molar-refractivity contribution < 1.29 is 9.53 Å². The molecule has 0 unspecified atom stereocenters. The number of ether oxygens (including phenoxy) is 1. The van der Waals surface area contributed by atoms with Crippen LogP contribution in [0.3, 0.4) is 0 Å². The summed E-state index contributed by atoms with van der Waals surface area (Å²) < 4.78 is 5.18. The van der Waals surface area contributed by atoms with Gasteiger partial charge in [-0.25, -0.2) is 0 Å². The summed E-state index contributed by atoms with van der Waals surface area (Å²) in [5, 5.41) is 3.13. The summed E-state index contributed by atoms with van der Waals surface area (Å²) in [4.78, 5) is 11.0. The highest BCUT2D eigenvalue weighted by atomic mass is 16.5. The van der Waals surface area contributed by atoms with Gasteiger partial charge in [-0.05, 0) is 0 Å². The summed E-state index contributed by atoms with van der Waals surface area (Å²) in [5.74, 6) is 0.456. The predicted octanol–water partition coefficient (Wildman–Crippen LogP) is -0.826. The van der Waals surface area contributed by atoms with E-state index in [1.165, 1.54) is 0 Å². The van der Waals surface area contributed by atoms with E-state index in [9.17, 15) is 4.79 Å². The van der Waals surface area contributed by atoms with Crippen molar-refractivity contribution in [1.29, 1.82) is 0 Å². The molecule has 2 fully saturated rings. The number of Topliss-reactive ketones (excluding diaryl/α,β-unsaturated/α-hetero) is 1. The monoisotopic (exact) mass is 127 g/mol. The minimum absolute atomic E-state index is 0.122. The zero-order valence-electron chi connectivity index (χ0n) is 5.09. The molecule has 2 atom stereocenters. The lowest BCUT2D eigenvalue weighted by atomic mass is 10.0. The van der Waals surface area contributed by atoms with Gasteiger partial charge in [-0.3, -0.25) is 4.79 Å². The highest BCUT2D eigenvalue weighted by molar-refractivity contribution is 5.88. The van der Waals surface area contributed by atoms with Gasteiger partial charge in [0.2, 0.25) is 0 Å². The van der Waals surface area contributed by atoms with E-state index in [-0.39, 0.29) is 12.0 Å². The van der Waals surface area contributed by atoms with Gasteiger partial charge in [0.25, 0.3) is 0 Å². The van der Waals surface area contributed by atoms with Gasteiger partial charge >= 0.3 is 0 Å². The van der Waals surface area contributed by atoms with Crippen molar-refractivity contribution in [2.45, 2.75) is 6.10 Å². The number of ketones is 1. The van der Waals surface area contributed by atoms with Crippen LogP contribution >= 0.6 is 0 Å². The molecule has 2 aliphatic heterocycles. The first-order chi connectivity index (χ1) is 4.38. The fourth-order valence-corrected chi connectivity index (χ4v) is 1.37. The molecular formula is C6H9NO2. The topological polar surface area (TPSA) is 38.3 Å². The Morgan fingerprint density at radius 3 is 3.11 bits per heavy atom. The van der Waals surface area contributed by atoms with Gasteiger partial charge in [0.15, 0.2) is 5.78 Å². The van der Waals surface area contributed by atoms with Gasteiger partial charge in [-0.2, -0.15) is 0 Å². The molecular weight excluding hydrogens is 118 g/mol. The Kier molecular flexibility index (Phi) is 1.07. The third-order valence-electron chi connectivity index (χ3n) is 1.94. The molecule has 2 bridgehead atoms. The molecule has 3 heteroatoms. The van der Waals surface area contributed by atoms with Crippen LogP contribution in [0.25, 0.3) is 0 Å². The lowest BCUT2D eigenvalue weighted by Crippen LogP contribution is -2.42. The number of piperidine rings is 1. The second-order valence-electron chi connectivity index (χ2n) is 2.58. The van der Waals surface area contributed by atoms with Crippen molar-refractivity contribution in [3.63, 3.8) is 0 Å². The van der Waals surface area contributed by atoms with E-state index in [0.29, 0.717) is 12.4 Å². The van der Waals surface area contributed by atoms with Crippen LogP contribution in [0.4, 0.5) is 0 Å². The first kappa shape index (κ1) is 5.38. The molecule has 2 rings (SSSR count). The van der Waals surface area contributed by atoms with Crippen molar-refractivity contribution >= 4 is 5.78 Å². The van der Waals surface area contributed by atoms with Crippen molar-refractivity contribution in [3.05, 3.63) is 0 Å². The second kappa shape index (κ2) is 1.78. The van der Waals surface area contributed by atoms with Gasteiger partial charge < -0.3 is 10.1 Å². The maximum absolute atomic E-state index is 11.0. The lowest BCUT2D eigenvalue weighted by molar-refractivity contribution is -0.125. The fraction of sp³-hybridized carbons (Fsp3) is 0.833. The molecule has 2 aliphatic rings. The molecule has 0 radical (unpaired) electrons. The van der Waals surface area contributed by atoms with Crippen LogP contribution < -0.4 is 5.32 Å². The Morgan fingerprint density at radius 2 is 2.44 bits per heavy atom. The standard InChI is InChI=1S/C6H9NO2/c8-6-4-1-7-2-5(6)9-3-4/h4-5,7H,1-3H2/t4-,5-/m1/s1. The summed E-state index contributed by atoms with van der Waals surface area (Å²) in [6.07, 6.45) is -0.122. The van der Waals surface area contributed by atoms with Gasteiger partial charge in [-0.15, -0.1) is 0 Å². The smallest absolute Gasteiger partial charge is 0.169 e. The molecule has 3 nitrogen and oxygen atoms in total. The largest absolute Gasteiger partial charge is 0.368 e. The van der Waals surface area contributed by atoms with Gasteiger partial charge in [-0.1, -0.05) is 0 Å². The Bertz CT molecular complexity index is 128. The van der Waals surface area contributed by atoms with Crippen LogP contribution in [0.2, 0.25) is 0 Å². The van der Waals surface area contributed by atoms with Crippen LogP contribution in [-0.2, 0) is 9.53 Å². The minimum atomic E-state index is -0.122. The Morgan fingerprint density at radius 1 is 1.56 bits per heavy atom. The number of hydrogen-bond donors (Lipinski definition) is 1. The highest BCUT2D eigenvalue weighted by Gasteiger charge is 2.37. The number of hydrogen-bond acceptors (Lipinski definition) is 3. The van der Waals surface area contributed by atoms with E-state index < -0.39 is 0 Å². The molecule has 0 spiro atoms. The molecule has 2 saturated heterocycles. The number of carbonyl (C=O) groups excluding carboxylic acids is 1. The van der Waals surface area contributed by atoms with Crippen molar-refractivity contribution in [2.24, 2.45) is 5.92 Å². The van der Waals surface area contributed by atoms with E-state index in [1.807, 2.05) is 0 Å². The van der Waals surface area contributed by atoms with E-state index in [0.717, 1.165) is 13.1 Å². The number of fused-ring (bicyclic) bond motifs is 2. The normalized spacial score (nSPS) is 41.6. The van der Waals surface area contributed by atoms with Crippen LogP contribution in [0.1, 0.15) is 0 Å². The molecule has 0 aromatic heterocycles. The number of carbonyl (C=O) groups is 1. The summed E-state index contributed by atoms with van der Waals surface area (Å²) in [6.45, 7) is 2.17. The Labute approximate surface area is 53.4 Å². The minimum Gasteiger partial charge on any atom is -0.368 e. The second-order valence-corrected chi connectivity index (χ2v) is 2.58. The fourth-order valence-electron chi connectivity index (χ4n) is 1.37. The third-order valence-corrected chi connectivity index (χ3v) is 1.94. The maximum Gasteiger partial charge on any atom is 0.169 e. The van der Waals surface area contributed by atoms with Crippen LogP contribution in [-0.4, -0.2) is 31.6 Å². The van der Waals surface area contributed by atoms with Crippen molar-refractivity contribution in [1.82, 2.24) is 5.32 Å². The SMILES string of the molecule is O=C1[C@@H]2CNC[C@H]1OC2. The average Bonchev–Trinajstić information content (AvgIpc) is 2.19. The Balaban J connectivity index is 2.19. The highest BCUT2D eigenvalue weighted by Crippen LogP contribution is 2.17. The van der Waals surface area contributed by atoms with Crippen LogP contribution in [0.15, 0.2) is 0 Å². The average molecular weight is 127 g/mol. The summed E-state index contributed by atoms with van der Waals surface area (Å²) in [5.41, 5.74) is 0. The molecule has 0 saturated carbocycles. The molecule has 50 valence electrons. The van der Waals surface area contributed by atoms with Crippen molar-refractivity contribution in [2.75, 3.05) is 19.7 Å². The van der Waals surface area contributed by atoms with Crippen LogP contribution in [0, 0.1) is 5.92 Å². The number of nitrogens with one attached hydrogen (secondary N) is 1. The summed E-state index contributed by atoms with van der Waals surface area (Å²) in [6, 6.07) is 0. The summed E-state index contributed by atoms with van der Waals surface area (Å²) in [7, 11) is 0. The molecule has 9 heavy (non-hydrogen) atoms. The summed E-state index contributed by atoms with van der Waals surface area (Å²) >= 11 is 0. The van der Waals surface area contributed by atoms with Crippen LogP contribution in [0.5, 0.6) is 0 Å². The number of rotatable bonds is 0. The third kappa shape index (κ3) is 0.686. The van der Waals surface area contributed by atoms with Gasteiger partial charge in [0.1, 0.15) is 6.10 Å². The Hall–Kier alpha value is -0.410. The first-order valence-corrected chi connectivity index (χ1v) is 3.24. The molecule has 2 heterocycles. The predicted molar refractivity (Wildman–Crippen MR) is 31.1 cm³/mol. The van der Waals surface area contributed by atoms with Gasteiger partial charge in [0, 0.05) is 13.1 Å². The van der Waals surface area contributed by atoms with E-state index >= 15 is 0 Å². The maximum atomic E-state index is 11.0. The zero-order chi connectivity index (χ0) is 6.27. The zero-order valence-corrected chi connectivity index (χ0v) is 5.09. The molecule has 1 N–H and O–H groups in total. The molecule has 0 aromatic rings. The first-order valence-electron chi connectivity index (χ1n) is 3.24. The van der Waals surface area contributed by atoms with Gasteiger partial charge in [0.05, 0.1) is 12.5 Å². The van der Waals surface area contributed by atoms with E-state index in [4.69, 9.17) is 4.74 Å². The molecule has 0 aromatic carbocycles. The van der Waals surface area contributed by atoms with Crippen molar-refractivity contribution in [3.8, 4) is 0 Å². The lowest BCUT2D eigenvalue weighted by Gasteiger charge is -2.15. The molecule has 0 amide bonds. The van der Waals surface area contributed by atoms with E-state index in [1.54, 1.807) is 0 Å².